The second kappa shape index (κ2) is 10.6. The van der Waals surface area contributed by atoms with E-state index >= 15 is 0 Å². The molecule has 0 unspecified atom stereocenters. The Morgan fingerprint density at radius 2 is 1.13 bits per heavy atom. The number of nitrogens with zero attached hydrogens (tertiary/aromatic N) is 2. The fourth-order valence-electron chi connectivity index (χ4n) is 2.59. The Bertz CT molecular complexity index is 951. The van der Waals surface area contributed by atoms with Crippen molar-refractivity contribution in [3.8, 4) is 23.0 Å². The summed E-state index contributed by atoms with van der Waals surface area (Å²) in [6.45, 7) is 3.18. The van der Waals surface area contributed by atoms with Crippen molar-refractivity contribution in [2.45, 2.75) is 33.1 Å². The normalized spacial score (nSPS) is 11.8. The Balaban J connectivity index is 1.78. The number of aromatic hydroxyl groups is 4. The van der Waals surface area contributed by atoms with E-state index in [2.05, 4.69) is 21.1 Å². The number of hydrazone groups is 2. The van der Waals surface area contributed by atoms with Crippen LogP contribution in [-0.4, -0.2) is 43.7 Å². The van der Waals surface area contributed by atoms with Gasteiger partial charge in [0.2, 0.25) is 11.8 Å². The van der Waals surface area contributed by atoms with Crippen LogP contribution < -0.4 is 10.9 Å². The molecule has 2 amide bonds. The average molecular weight is 428 g/mol. The van der Waals surface area contributed by atoms with Crippen LogP contribution >= 0.6 is 0 Å². The Morgan fingerprint density at radius 1 is 0.742 bits per heavy atom. The zero-order valence-electron chi connectivity index (χ0n) is 17.1. The van der Waals surface area contributed by atoms with Crippen molar-refractivity contribution in [1.29, 1.82) is 0 Å². The molecule has 0 fully saturated rings. The van der Waals surface area contributed by atoms with Gasteiger partial charge in [0.25, 0.3) is 0 Å². The monoisotopic (exact) mass is 428 g/mol. The molecular weight excluding hydrogens is 404 g/mol. The molecule has 0 aliphatic carbocycles. The molecule has 0 aromatic heterocycles. The van der Waals surface area contributed by atoms with Gasteiger partial charge in [-0.2, -0.15) is 10.2 Å². The lowest BCUT2D eigenvalue weighted by atomic mass is 10.1. The molecule has 0 aliphatic heterocycles. The Kier molecular flexibility index (Phi) is 7.95. The van der Waals surface area contributed by atoms with E-state index in [1.165, 1.54) is 36.4 Å². The summed E-state index contributed by atoms with van der Waals surface area (Å²) in [5.41, 5.74) is 6.13. The molecule has 10 heteroatoms. The summed E-state index contributed by atoms with van der Waals surface area (Å²) in [4.78, 5) is 23.8. The van der Waals surface area contributed by atoms with Gasteiger partial charge in [-0.3, -0.25) is 9.59 Å². The minimum Gasteiger partial charge on any atom is -0.508 e. The topological polar surface area (TPSA) is 164 Å². The molecule has 0 saturated heterocycles. The summed E-state index contributed by atoms with van der Waals surface area (Å²) in [7, 11) is 0. The third-order valence-corrected chi connectivity index (χ3v) is 4.25. The Labute approximate surface area is 178 Å². The van der Waals surface area contributed by atoms with Gasteiger partial charge in [0.15, 0.2) is 0 Å². The van der Waals surface area contributed by atoms with Gasteiger partial charge in [0, 0.05) is 36.1 Å². The molecule has 0 atom stereocenters. The van der Waals surface area contributed by atoms with Gasteiger partial charge >= 0.3 is 0 Å². The highest BCUT2D eigenvalue weighted by Gasteiger charge is 2.09. The van der Waals surface area contributed by atoms with E-state index in [0.717, 1.165) is 0 Å². The molecule has 6 N–H and O–H groups in total. The van der Waals surface area contributed by atoms with E-state index in [1.54, 1.807) is 13.8 Å². The van der Waals surface area contributed by atoms with Crippen LogP contribution in [0.1, 0.15) is 44.2 Å². The highest BCUT2D eigenvalue weighted by atomic mass is 16.3. The molecule has 2 rings (SSSR count). The van der Waals surface area contributed by atoms with E-state index in [9.17, 15) is 30.0 Å². The quantitative estimate of drug-likeness (QED) is 0.278. The number of benzene rings is 2. The number of nitrogens with one attached hydrogen (secondary N) is 2. The van der Waals surface area contributed by atoms with Crippen molar-refractivity contribution in [2.75, 3.05) is 0 Å². The van der Waals surface area contributed by atoms with E-state index in [-0.39, 0.29) is 42.3 Å². The van der Waals surface area contributed by atoms with E-state index in [4.69, 9.17) is 0 Å². The number of phenols is 4. The summed E-state index contributed by atoms with van der Waals surface area (Å²) in [5.74, 6) is -1.31. The van der Waals surface area contributed by atoms with Crippen molar-refractivity contribution in [3.05, 3.63) is 47.5 Å². The van der Waals surface area contributed by atoms with E-state index in [1.807, 2.05) is 0 Å². The molecule has 10 nitrogen and oxygen atoms in total. The average Bonchev–Trinajstić information content (AvgIpc) is 2.70. The minimum atomic E-state index is -0.404. The third-order valence-electron chi connectivity index (χ3n) is 4.25. The number of carbonyl (C=O) groups is 2. The van der Waals surface area contributed by atoms with Gasteiger partial charge < -0.3 is 20.4 Å². The lowest BCUT2D eigenvalue weighted by Crippen LogP contribution is -2.22. The van der Waals surface area contributed by atoms with Crippen LogP contribution in [0.15, 0.2) is 46.6 Å². The summed E-state index contributed by atoms with van der Waals surface area (Å²) >= 11 is 0. The first kappa shape index (κ1) is 23.2. The second-order valence-corrected chi connectivity index (χ2v) is 6.72. The van der Waals surface area contributed by atoms with Gasteiger partial charge in [-0.05, 0) is 44.5 Å². The molecule has 0 saturated carbocycles. The van der Waals surface area contributed by atoms with Gasteiger partial charge in [-0.25, -0.2) is 10.9 Å². The predicted octanol–water partition coefficient (Wildman–Crippen LogP) is 2.06. The SMILES string of the molecule is CC(=NNC(=O)CCCC(=O)NN=C(C)c1ccc(O)cc1O)c1ccc(O)cc1O. The molecule has 0 bridgehead atoms. The number of hydrogen-bond donors (Lipinski definition) is 6. The van der Waals surface area contributed by atoms with Crippen LogP contribution in [0.25, 0.3) is 0 Å². The smallest absolute Gasteiger partial charge is 0.240 e. The standard InChI is InChI=1S/C21H24N4O6/c1-12(16-8-6-14(26)10-18(16)28)22-24-20(30)4-3-5-21(31)25-23-13(2)17-9-7-15(27)11-19(17)29/h6-11,26-29H,3-5H2,1-2H3,(H,24,30)(H,25,31). The molecule has 0 radical (unpaired) electrons. The maximum atomic E-state index is 11.9. The second-order valence-electron chi connectivity index (χ2n) is 6.72. The lowest BCUT2D eigenvalue weighted by Gasteiger charge is -2.06. The maximum absolute atomic E-state index is 11.9. The molecular formula is C21H24N4O6. The van der Waals surface area contributed by atoms with Crippen molar-refractivity contribution >= 4 is 23.2 Å². The van der Waals surface area contributed by atoms with Crippen LogP contribution in [0.5, 0.6) is 23.0 Å². The number of amides is 2. The van der Waals surface area contributed by atoms with Crippen LogP contribution in [0, 0.1) is 0 Å². The molecule has 2 aromatic rings. The Morgan fingerprint density at radius 3 is 1.48 bits per heavy atom. The predicted molar refractivity (Wildman–Crippen MR) is 114 cm³/mol. The molecule has 0 aliphatic rings. The first-order chi connectivity index (χ1) is 14.7. The van der Waals surface area contributed by atoms with Crippen molar-refractivity contribution < 1.29 is 30.0 Å². The van der Waals surface area contributed by atoms with Gasteiger partial charge in [0.05, 0.1) is 11.4 Å². The number of phenolic OH excluding ortho intramolecular Hbond substituents is 4. The third kappa shape index (κ3) is 7.03. The minimum absolute atomic E-state index is 0.0488. The van der Waals surface area contributed by atoms with Gasteiger partial charge in [0.1, 0.15) is 23.0 Å². The van der Waals surface area contributed by atoms with Gasteiger partial charge in [-0.15, -0.1) is 0 Å². The van der Waals surface area contributed by atoms with E-state index in [0.29, 0.717) is 22.6 Å². The molecule has 0 heterocycles. The molecule has 31 heavy (non-hydrogen) atoms. The summed E-state index contributed by atoms with van der Waals surface area (Å²) in [6, 6.07) is 8.06. The van der Waals surface area contributed by atoms with Crippen molar-refractivity contribution in [2.24, 2.45) is 10.2 Å². The molecule has 2 aromatic carbocycles. The summed E-state index contributed by atoms with van der Waals surface area (Å²) < 4.78 is 0. The summed E-state index contributed by atoms with van der Waals surface area (Å²) in [6.07, 6.45) is 0.357. The summed E-state index contributed by atoms with van der Waals surface area (Å²) in [5, 5.41) is 46.0. The highest BCUT2D eigenvalue weighted by Crippen LogP contribution is 2.23. The highest BCUT2D eigenvalue weighted by molar-refractivity contribution is 6.02. The lowest BCUT2D eigenvalue weighted by molar-refractivity contribution is -0.122. The zero-order valence-corrected chi connectivity index (χ0v) is 17.1. The van der Waals surface area contributed by atoms with Crippen molar-refractivity contribution in [1.82, 2.24) is 10.9 Å². The van der Waals surface area contributed by atoms with Crippen LogP contribution in [0.3, 0.4) is 0 Å². The maximum Gasteiger partial charge on any atom is 0.240 e. The van der Waals surface area contributed by atoms with Crippen LogP contribution in [-0.2, 0) is 9.59 Å². The fourth-order valence-corrected chi connectivity index (χ4v) is 2.59. The first-order valence-electron chi connectivity index (χ1n) is 9.38. The first-order valence-corrected chi connectivity index (χ1v) is 9.38. The largest absolute Gasteiger partial charge is 0.508 e. The Hall–Kier alpha value is -4.08. The van der Waals surface area contributed by atoms with Gasteiger partial charge in [-0.1, -0.05) is 0 Å². The van der Waals surface area contributed by atoms with Crippen LogP contribution in [0.4, 0.5) is 0 Å². The fraction of sp³-hybridized carbons (Fsp3) is 0.238. The number of rotatable bonds is 8. The number of carbonyl (C=O) groups excluding carboxylic acids is 2. The van der Waals surface area contributed by atoms with Crippen LogP contribution in [0.2, 0.25) is 0 Å². The van der Waals surface area contributed by atoms with Crippen molar-refractivity contribution in [3.63, 3.8) is 0 Å². The number of hydrogen-bond acceptors (Lipinski definition) is 8. The van der Waals surface area contributed by atoms with E-state index < -0.39 is 11.8 Å². The zero-order chi connectivity index (χ0) is 23.0. The molecule has 0 spiro atoms. The molecule has 164 valence electrons.